The molecule has 5 heteroatoms. The molecule has 0 aliphatic carbocycles. The van der Waals surface area contributed by atoms with Gasteiger partial charge in [-0.3, -0.25) is 15.1 Å². The van der Waals surface area contributed by atoms with Crippen LogP contribution in [0.25, 0.3) is 10.9 Å². The molecule has 2 aromatic carbocycles. The number of aromatic nitrogens is 1. The summed E-state index contributed by atoms with van der Waals surface area (Å²) in [6.45, 7) is 6.59. The molecule has 0 aliphatic heterocycles. The Labute approximate surface area is 159 Å². The van der Waals surface area contributed by atoms with Crippen LogP contribution in [-0.4, -0.2) is 16.9 Å². The number of carbonyl (C=O) groups excluding carboxylic acids is 1. The van der Waals surface area contributed by atoms with Crippen LogP contribution >= 0.6 is 0 Å². The molecule has 0 aliphatic rings. The molecule has 3 N–H and O–H groups in total. The number of nitrogens with one attached hydrogen (secondary N) is 1. The lowest BCUT2D eigenvalue weighted by Crippen LogP contribution is -2.36. The molecule has 3 aromatic rings. The van der Waals surface area contributed by atoms with Gasteiger partial charge in [-0.2, -0.15) is 0 Å². The zero-order valence-corrected chi connectivity index (χ0v) is 15.9. The van der Waals surface area contributed by atoms with Gasteiger partial charge < -0.3 is 5.73 Å². The first-order valence-electron chi connectivity index (χ1n) is 8.90. The van der Waals surface area contributed by atoms with Crippen molar-refractivity contribution in [2.24, 2.45) is 16.1 Å². The van der Waals surface area contributed by atoms with E-state index in [0.29, 0.717) is 11.3 Å². The van der Waals surface area contributed by atoms with Crippen LogP contribution in [0.4, 0.5) is 5.69 Å². The Morgan fingerprint density at radius 1 is 1.11 bits per heavy atom. The Morgan fingerprint density at radius 2 is 1.85 bits per heavy atom. The van der Waals surface area contributed by atoms with E-state index >= 15 is 0 Å². The van der Waals surface area contributed by atoms with Crippen LogP contribution in [0.2, 0.25) is 0 Å². The highest BCUT2D eigenvalue weighted by atomic mass is 16.1. The first-order valence-corrected chi connectivity index (χ1v) is 8.90. The van der Waals surface area contributed by atoms with Crippen molar-refractivity contribution in [3.8, 4) is 0 Å². The van der Waals surface area contributed by atoms with Crippen molar-refractivity contribution in [3.63, 3.8) is 0 Å². The lowest BCUT2D eigenvalue weighted by atomic mass is 9.87. The molecule has 5 nitrogen and oxygen atoms in total. The summed E-state index contributed by atoms with van der Waals surface area (Å²) in [6.07, 6.45) is 2.58. The molecule has 3 rings (SSSR count). The Morgan fingerprint density at radius 3 is 2.56 bits per heavy atom. The summed E-state index contributed by atoms with van der Waals surface area (Å²) >= 11 is 0. The normalized spacial score (nSPS) is 12.2. The molecule has 0 bridgehead atoms. The minimum absolute atomic E-state index is 0.0560. The van der Waals surface area contributed by atoms with Gasteiger partial charge in [0.2, 0.25) is 5.96 Å². The van der Waals surface area contributed by atoms with Crippen LogP contribution in [0.15, 0.2) is 65.8 Å². The molecule has 1 heterocycles. The van der Waals surface area contributed by atoms with Crippen molar-refractivity contribution in [3.05, 3.63) is 71.9 Å². The van der Waals surface area contributed by atoms with Gasteiger partial charge in [-0.15, -0.1) is 0 Å². The van der Waals surface area contributed by atoms with E-state index in [-0.39, 0.29) is 17.3 Å². The summed E-state index contributed by atoms with van der Waals surface area (Å²) in [6, 6.07) is 17.0. The quantitative estimate of drug-likeness (QED) is 0.542. The molecule has 138 valence electrons. The second-order valence-electron chi connectivity index (χ2n) is 7.73. The number of amides is 1. The van der Waals surface area contributed by atoms with Crippen molar-refractivity contribution in [2.75, 3.05) is 0 Å². The van der Waals surface area contributed by atoms with Gasteiger partial charge in [-0.25, -0.2) is 4.99 Å². The monoisotopic (exact) mass is 360 g/mol. The number of rotatable bonds is 3. The molecule has 0 spiro atoms. The second kappa shape index (κ2) is 7.58. The lowest BCUT2D eigenvalue weighted by Gasteiger charge is -2.18. The van der Waals surface area contributed by atoms with Crippen LogP contribution in [0.5, 0.6) is 0 Å². The van der Waals surface area contributed by atoms with Crippen LogP contribution in [-0.2, 0) is 6.42 Å². The average molecular weight is 360 g/mol. The predicted molar refractivity (Wildman–Crippen MR) is 110 cm³/mol. The topological polar surface area (TPSA) is 80.4 Å². The number of aliphatic imine (C=N–C) groups is 1. The fourth-order valence-corrected chi connectivity index (χ4v) is 2.97. The Kier molecular flexibility index (Phi) is 5.21. The summed E-state index contributed by atoms with van der Waals surface area (Å²) in [5, 5.41) is 3.44. The molecule has 0 saturated carbocycles. The summed E-state index contributed by atoms with van der Waals surface area (Å²) in [5.74, 6) is -0.247. The molecule has 0 radical (unpaired) electrons. The number of hydrogen-bond donors (Lipinski definition) is 2. The third-order valence-electron chi connectivity index (χ3n) is 4.03. The van der Waals surface area contributed by atoms with Gasteiger partial charge in [-0.1, -0.05) is 51.1 Å². The summed E-state index contributed by atoms with van der Waals surface area (Å²) in [5.41, 5.74) is 9.27. The molecular formula is C22H24N4O. The van der Waals surface area contributed by atoms with Gasteiger partial charge in [0.1, 0.15) is 0 Å². The molecule has 0 atom stereocenters. The number of pyridine rings is 1. The Hall–Kier alpha value is -3.21. The lowest BCUT2D eigenvalue weighted by molar-refractivity contribution is 0.0978. The summed E-state index contributed by atoms with van der Waals surface area (Å²) < 4.78 is 0. The van der Waals surface area contributed by atoms with E-state index in [1.54, 1.807) is 12.3 Å². The predicted octanol–water partition coefficient (Wildman–Crippen LogP) is 4.20. The maximum Gasteiger partial charge on any atom is 0.258 e. The average Bonchev–Trinajstić information content (AvgIpc) is 2.60. The summed E-state index contributed by atoms with van der Waals surface area (Å²) in [4.78, 5) is 21.3. The zero-order valence-electron chi connectivity index (χ0n) is 15.9. The van der Waals surface area contributed by atoms with E-state index in [2.05, 4.69) is 36.1 Å². The van der Waals surface area contributed by atoms with Crippen molar-refractivity contribution in [1.29, 1.82) is 0 Å². The van der Waals surface area contributed by atoms with Gasteiger partial charge in [0.15, 0.2) is 0 Å². The minimum Gasteiger partial charge on any atom is -0.369 e. The van der Waals surface area contributed by atoms with E-state index in [4.69, 9.17) is 5.73 Å². The van der Waals surface area contributed by atoms with Crippen molar-refractivity contribution < 1.29 is 4.79 Å². The van der Waals surface area contributed by atoms with Gasteiger partial charge in [0.05, 0.1) is 16.8 Å². The van der Waals surface area contributed by atoms with Crippen molar-refractivity contribution in [1.82, 2.24) is 10.3 Å². The Bertz CT molecular complexity index is 988. The van der Waals surface area contributed by atoms with E-state index < -0.39 is 0 Å². The molecule has 0 fully saturated rings. The first-order chi connectivity index (χ1) is 12.8. The number of hydrogen-bond acceptors (Lipinski definition) is 3. The SMILES string of the molecule is CC(C)(C)Cc1ccc2c(C(=O)NC(N)=Nc3ccccc3)ccnc2c1. The number of carbonyl (C=O) groups is 1. The molecule has 0 unspecified atom stereocenters. The van der Waals surface area contributed by atoms with E-state index in [1.165, 1.54) is 5.56 Å². The minimum atomic E-state index is -0.303. The van der Waals surface area contributed by atoms with Crippen LogP contribution < -0.4 is 11.1 Å². The van der Waals surface area contributed by atoms with Crippen LogP contribution in [0.3, 0.4) is 0 Å². The molecule has 27 heavy (non-hydrogen) atoms. The highest BCUT2D eigenvalue weighted by Crippen LogP contribution is 2.24. The van der Waals surface area contributed by atoms with Crippen LogP contribution in [0, 0.1) is 5.41 Å². The zero-order chi connectivity index (χ0) is 19.4. The van der Waals surface area contributed by atoms with Gasteiger partial charge >= 0.3 is 0 Å². The number of fused-ring (bicyclic) bond motifs is 1. The molecule has 1 amide bonds. The molecule has 1 aromatic heterocycles. The number of benzene rings is 2. The second-order valence-corrected chi connectivity index (χ2v) is 7.73. The highest BCUT2D eigenvalue weighted by Gasteiger charge is 2.15. The molecule has 0 saturated heterocycles. The van der Waals surface area contributed by atoms with E-state index in [1.807, 2.05) is 48.5 Å². The van der Waals surface area contributed by atoms with Gasteiger partial charge in [0, 0.05) is 11.6 Å². The maximum atomic E-state index is 12.7. The third-order valence-corrected chi connectivity index (χ3v) is 4.03. The van der Waals surface area contributed by atoms with Gasteiger partial charge in [0.25, 0.3) is 5.91 Å². The largest absolute Gasteiger partial charge is 0.369 e. The fraction of sp³-hybridized carbons (Fsp3) is 0.227. The number of nitrogens with two attached hydrogens (primary N) is 1. The smallest absolute Gasteiger partial charge is 0.258 e. The van der Waals surface area contributed by atoms with Crippen LogP contribution in [0.1, 0.15) is 36.7 Å². The Balaban J connectivity index is 1.85. The number of para-hydroxylation sites is 1. The van der Waals surface area contributed by atoms with Crippen molar-refractivity contribution in [2.45, 2.75) is 27.2 Å². The summed E-state index contributed by atoms with van der Waals surface area (Å²) in [7, 11) is 0. The maximum absolute atomic E-state index is 12.7. The third kappa shape index (κ3) is 4.91. The molecular weight excluding hydrogens is 336 g/mol. The van der Waals surface area contributed by atoms with E-state index in [0.717, 1.165) is 17.3 Å². The highest BCUT2D eigenvalue weighted by molar-refractivity contribution is 6.12. The van der Waals surface area contributed by atoms with Gasteiger partial charge in [-0.05, 0) is 41.7 Å². The van der Waals surface area contributed by atoms with Crippen molar-refractivity contribution >= 4 is 28.5 Å². The number of guanidine groups is 1. The fourth-order valence-electron chi connectivity index (χ4n) is 2.97. The first kappa shape index (κ1) is 18.6. The van der Waals surface area contributed by atoms with E-state index in [9.17, 15) is 4.79 Å². The number of nitrogens with zero attached hydrogens (tertiary/aromatic N) is 2. The standard InChI is InChI=1S/C22H24N4O/c1-22(2,3)14-15-9-10-17-18(11-12-24-19(17)13-15)20(27)26-21(23)25-16-7-5-4-6-8-16/h4-13H,14H2,1-3H3,(H3,23,25,26,27).